The van der Waals surface area contributed by atoms with Crippen molar-refractivity contribution in [1.82, 2.24) is 4.90 Å². The predicted octanol–water partition coefficient (Wildman–Crippen LogP) is 1.78. The summed E-state index contributed by atoms with van der Waals surface area (Å²) in [5.74, 6) is -1.14. The number of rotatable bonds is 6. The maximum absolute atomic E-state index is 10.6. The van der Waals surface area contributed by atoms with Crippen LogP contribution in [0.3, 0.4) is 0 Å². The third kappa shape index (κ3) is 4.25. The molecule has 3 N–H and O–H groups in total. The Morgan fingerprint density at radius 1 is 1.28 bits per heavy atom. The van der Waals surface area contributed by atoms with Crippen LogP contribution in [0.2, 0.25) is 0 Å². The summed E-state index contributed by atoms with van der Waals surface area (Å²) >= 11 is 0. The standard InChI is InChI=1S/C13H19NO4/c1-9(2)14(6-5-13(17)18)8-10-3-4-11(15)12(16)7-10/h3-4,7,9,15-16H,5-6,8H2,1-2H3,(H,17,18). The summed E-state index contributed by atoms with van der Waals surface area (Å²) in [6.45, 7) is 4.97. The molecular weight excluding hydrogens is 234 g/mol. The molecule has 0 radical (unpaired) electrons. The first kappa shape index (κ1) is 14.3. The maximum Gasteiger partial charge on any atom is 0.304 e. The fourth-order valence-corrected chi connectivity index (χ4v) is 1.66. The molecule has 100 valence electrons. The van der Waals surface area contributed by atoms with Crippen molar-refractivity contribution in [2.75, 3.05) is 6.54 Å². The second kappa shape index (κ2) is 6.26. The van der Waals surface area contributed by atoms with Gasteiger partial charge < -0.3 is 15.3 Å². The van der Waals surface area contributed by atoms with Crippen molar-refractivity contribution in [1.29, 1.82) is 0 Å². The minimum absolute atomic E-state index is 0.0856. The number of phenols is 2. The second-order valence-electron chi connectivity index (χ2n) is 4.53. The van der Waals surface area contributed by atoms with Gasteiger partial charge in [0, 0.05) is 19.1 Å². The van der Waals surface area contributed by atoms with E-state index in [0.717, 1.165) is 5.56 Å². The van der Waals surface area contributed by atoms with Crippen LogP contribution in [-0.4, -0.2) is 38.8 Å². The van der Waals surface area contributed by atoms with E-state index in [1.54, 1.807) is 6.07 Å². The summed E-state index contributed by atoms with van der Waals surface area (Å²) in [5.41, 5.74) is 0.837. The van der Waals surface area contributed by atoms with Crippen LogP contribution in [0.5, 0.6) is 11.5 Å². The molecule has 0 aliphatic rings. The van der Waals surface area contributed by atoms with Crippen LogP contribution >= 0.6 is 0 Å². The molecule has 0 aliphatic carbocycles. The Bertz CT molecular complexity index is 417. The highest BCUT2D eigenvalue weighted by molar-refractivity contribution is 5.66. The zero-order valence-electron chi connectivity index (χ0n) is 10.6. The summed E-state index contributed by atoms with van der Waals surface area (Å²) in [4.78, 5) is 12.6. The first-order chi connectivity index (χ1) is 8.40. The van der Waals surface area contributed by atoms with Crippen LogP contribution in [0, 0.1) is 0 Å². The Kier molecular flexibility index (Phi) is 4.97. The van der Waals surface area contributed by atoms with E-state index in [9.17, 15) is 15.0 Å². The van der Waals surface area contributed by atoms with E-state index in [4.69, 9.17) is 5.11 Å². The molecule has 0 atom stereocenters. The summed E-state index contributed by atoms with van der Waals surface area (Å²) < 4.78 is 0. The van der Waals surface area contributed by atoms with Crippen LogP contribution in [0.25, 0.3) is 0 Å². The van der Waals surface area contributed by atoms with Gasteiger partial charge in [-0.15, -0.1) is 0 Å². The fraction of sp³-hybridized carbons (Fsp3) is 0.462. The summed E-state index contributed by atoms with van der Waals surface area (Å²) in [6, 6.07) is 4.84. The van der Waals surface area contributed by atoms with E-state index >= 15 is 0 Å². The number of hydrogen-bond acceptors (Lipinski definition) is 4. The normalized spacial score (nSPS) is 11.1. The van der Waals surface area contributed by atoms with Gasteiger partial charge in [0.2, 0.25) is 0 Å². The van der Waals surface area contributed by atoms with Crippen molar-refractivity contribution < 1.29 is 20.1 Å². The van der Waals surface area contributed by atoms with Crippen molar-refractivity contribution >= 4 is 5.97 Å². The number of carboxylic acid groups (broad SMARTS) is 1. The molecule has 0 fully saturated rings. The molecule has 0 aromatic heterocycles. The maximum atomic E-state index is 10.6. The minimum Gasteiger partial charge on any atom is -0.504 e. The van der Waals surface area contributed by atoms with E-state index in [2.05, 4.69) is 0 Å². The van der Waals surface area contributed by atoms with E-state index < -0.39 is 5.97 Å². The van der Waals surface area contributed by atoms with Gasteiger partial charge in [-0.3, -0.25) is 9.69 Å². The number of carbonyl (C=O) groups is 1. The smallest absolute Gasteiger partial charge is 0.304 e. The number of phenolic OH excluding ortho intramolecular Hbond substituents is 2. The number of nitrogens with zero attached hydrogens (tertiary/aromatic N) is 1. The van der Waals surface area contributed by atoms with Gasteiger partial charge in [0.1, 0.15) is 0 Å². The first-order valence-electron chi connectivity index (χ1n) is 5.87. The van der Waals surface area contributed by atoms with Gasteiger partial charge in [-0.25, -0.2) is 0 Å². The van der Waals surface area contributed by atoms with E-state index in [1.165, 1.54) is 12.1 Å². The number of aromatic hydroxyl groups is 2. The Hall–Kier alpha value is -1.75. The lowest BCUT2D eigenvalue weighted by Gasteiger charge is -2.25. The predicted molar refractivity (Wildman–Crippen MR) is 67.6 cm³/mol. The number of benzene rings is 1. The highest BCUT2D eigenvalue weighted by Gasteiger charge is 2.12. The van der Waals surface area contributed by atoms with Crippen LogP contribution in [0.4, 0.5) is 0 Å². The summed E-state index contributed by atoms with van der Waals surface area (Å²) in [5, 5.41) is 27.3. The molecule has 5 heteroatoms. The zero-order valence-corrected chi connectivity index (χ0v) is 10.6. The first-order valence-corrected chi connectivity index (χ1v) is 5.87. The average molecular weight is 253 g/mol. The Morgan fingerprint density at radius 3 is 2.44 bits per heavy atom. The number of carboxylic acids is 1. The Labute approximate surface area is 106 Å². The molecule has 0 saturated heterocycles. The van der Waals surface area contributed by atoms with Gasteiger partial charge in [0.05, 0.1) is 6.42 Å². The SMILES string of the molecule is CC(C)N(CCC(=O)O)Cc1ccc(O)c(O)c1. The molecule has 0 unspecified atom stereocenters. The van der Waals surface area contributed by atoms with Crippen molar-refractivity contribution in [2.24, 2.45) is 0 Å². The third-order valence-corrected chi connectivity index (χ3v) is 2.77. The van der Waals surface area contributed by atoms with Crippen LogP contribution in [0.1, 0.15) is 25.8 Å². The van der Waals surface area contributed by atoms with E-state index in [-0.39, 0.29) is 24.0 Å². The van der Waals surface area contributed by atoms with Crippen molar-refractivity contribution in [3.63, 3.8) is 0 Å². The number of aliphatic carboxylic acids is 1. The molecular formula is C13H19NO4. The lowest BCUT2D eigenvalue weighted by molar-refractivity contribution is -0.137. The molecule has 5 nitrogen and oxygen atoms in total. The van der Waals surface area contributed by atoms with Crippen LogP contribution in [-0.2, 0) is 11.3 Å². The van der Waals surface area contributed by atoms with Crippen molar-refractivity contribution in [3.05, 3.63) is 23.8 Å². The Balaban J connectivity index is 2.70. The van der Waals surface area contributed by atoms with Crippen LogP contribution in [0.15, 0.2) is 18.2 Å². The highest BCUT2D eigenvalue weighted by atomic mass is 16.4. The van der Waals surface area contributed by atoms with Gasteiger partial charge in [-0.2, -0.15) is 0 Å². The van der Waals surface area contributed by atoms with Gasteiger partial charge in [-0.05, 0) is 31.5 Å². The molecule has 0 heterocycles. The van der Waals surface area contributed by atoms with Crippen molar-refractivity contribution in [2.45, 2.75) is 32.9 Å². The highest BCUT2D eigenvalue weighted by Crippen LogP contribution is 2.25. The molecule has 0 saturated carbocycles. The zero-order chi connectivity index (χ0) is 13.7. The molecule has 1 aromatic carbocycles. The van der Waals surface area contributed by atoms with E-state index in [1.807, 2.05) is 18.7 Å². The fourth-order valence-electron chi connectivity index (χ4n) is 1.66. The van der Waals surface area contributed by atoms with Gasteiger partial charge in [0.15, 0.2) is 11.5 Å². The Morgan fingerprint density at radius 2 is 1.94 bits per heavy atom. The number of hydrogen-bond donors (Lipinski definition) is 3. The molecule has 0 aliphatic heterocycles. The lowest BCUT2D eigenvalue weighted by Crippen LogP contribution is -2.32. The third-order valence-electron chi connectivity index (χ3n) is 2.77. The minimum atomic E-state index is -0.825. The van der Waals surface area contributed by atoms with Crippen molar-refractivity contribution in [3.8, 4) is 11.5 Å². The molecule has 1 aromatic rings. The largest absolute Gasteiger partial charge is 0.504 e. The lowest BCUT2D eigenvalue weighted by atomic mass is 10.1. The van der Waals surface area contributed by atoms with Crippen LogP contribution < -0.4 is 0 Å². The molecule has 0 amide bonds. The summed E-state index contributed by atoms with van der Waals surface area (Å²) in [7, 11) is 0. The van der Waals surface area contributed by atoms with Gasteiger partial charge >= 0.3 is 5.97 Å². The molecule has 1 rings (SSSR count). The van der Waals surface area contributed by atoms with Gasteiger partial charge in [0.25, 0.3) is 0 Å². The molecule has 0 spiro atoms. The molecule has 18 heavy (non-hydrogen) atoms. The quantitative estimate of drug-likeness (QED) is 0.673. The topological polar surface area (TPSA) is 81.0 Å². The average Bonchev–Trinajstić information content (AvgIpc) is 2.28. The second-order valence-corrected chi connectivity index (χ2v) is 4.53. The molecule has 0 bridgehead atoms. The monoisotopic (exact) mass is 253 g/mol. The van der Waals surface area contributed by atoms with E-state index in [0.29, 0.717) is 13.1 Å². The van der Waals surface area contributed by atoms with Gasteiger partial charge in [-0.1, -0.05) is 6.07 Å². The summed E-state index contributed by atoms with van der Waals surface area (Å²) in [6.07, 6.45) is 0.0856.